The number of aliphatic hydroxyl groups excluding tert-OH is 1. The maximum absolute atomic E-state index is 10.6. The van der Waals surface area contributed by atoms with Crippen molar-refractivity contribution in [2.24, 2.45) is 0 Å². The number of hydrogen-bond donors (Lipinski definition) is 2. The first kappa shape index (κ1) is 15.2. The molecule has 20 heavy (non-hydrogen) atoms. The van der Waals surface area contributed by atoms with Gasteiger partial charge in [0, 0.05) is 33.4 Å². The molecular formula is C16H17Cl2NO. The molecule has 0 fully saturated rings. The Morgan fingerprint density at radius 1 is 1.10 bits per heavy atom. The molecule has 2 aromatic carbocycles. The molecule has 0 aliphatic rings. The zero-order chi connectivity index (χ0) is 14.5. The van der Waals surface area contributed by atoms with Gasteiger partial charge in [-0.05, 0) is 30.7 Å². The van der Waals surface area contributed by atoms with Gasteiger partial charge in [-0.1, -0.05) is 48.3 Å². The summed E-state index contributed by atoms with van der Waals surface area (Å²) in [6, 6.07) is 12.7. The summed E-state index contributed by atoms with van der Waals surface area (Å²) in [5.74, 6) is 0. The molecule has 0 aliphatic heterocycles. The van der Waals surface area contributed by atoms with E-state index in [0.29, 0.717) is 15.6 Å². The van der Waals surface area contributed by atoms with Crippen molar-refractivity contribution >= 4 is 28.9 Å². The van der Waals surface area contributed by atoms with E-state index in [-0.39, 0.29) is 0 Å². The van der Waals surface area contributed by atoms with Gasteiger partial charge in [-0.25, -0.2) is 0 Å². The molecule has 2 nitrogen and oxygen atoms in total. The van der Waals surface area contributed by atoms with Crippen LogP contribution in [0.25, 0.3) is 0 Å². The van der Waals surface area contributed by atoms with Crippen molar-refractivity contribution in [3.8, 4) is 0 Å². The fourth-order valence-electron chi connectivity index (χ4n) is 2.04. The summed E-state index contributed by atoms with van der Waals surface area (Å²) in [5.41, 5.74) is 2.29. The predicted octanol–water partition coefficient (Wildman–Crippen LogP) is 4.90. The van der Waals surface area contributed by atoms with Crippen molar-refractivity contribution in [2.45, 2.75) is 19.4 Å². The van der Waals surface area contributed by atoms with E-state index in [2.05, 4.69) is 12.2 Å². The fourth-order valence-corrected chi connectivity index (χ4v) is 2.46. The van der Waals surface area contributed by atoms with E-state index in [1.165, 1.54) is 0 Å². The Hall–Kier alpha value is -1.22. The molecule has 0 spiro atoms. The van der Waals surface area contributed by atoms with Gasteiger partial charge in [0.1, 0.15) is 6.10 Å². The van der Waals surface area contributed by atoms with Crippen LogP contribution in [-0.2, 0) is 0 Å². The summed E-state index contributed by atoms with van der Waals surface area (Å²) in [6.07, 6.45) is 0.200. The third-order valence-electron chi connectivity index (χ3n) is 3.07. The Balaban J connectivity index is 2.40. The van der Waals surface area contributed by atoms with Crippen LogP contribution in [0.2, 0.25) is 10.0 Å². The number of rotatable bonds is 5. The van der Waals surface area contributed by atoms with Crippen molar-refractivity contribution in [3.63, 3.8) is 0 Å². The number of anilines is 1. The van der Waals surface area contributed by atoms with E-state index in [0.717, 1.165) is 24.2 Å². The highest BCUT2D eigenvalue weighted by Crippen LogP contribution is 2.33. The second-order valence-electron chi connectivity index (χ2n) is 4.58. The van der Waals surface area contributed by atoms with E-state index >= 15 is 0 Å². The number of nitrogens with one attached hydrogen (secondary N) is 1. The third-order valence-corrected chi connectivity index (χ3v) is 3.65. The molecule has 2 aromatic rings. The van der Waals surface area contributed by atoms with Crippen molar-refractivity contribution in [1.29, 1.82) is 0 Å². The summed E-state index contributed by atoms with van der Waals surface area (Å²) < 4.78 is 0. The summed E-state index contributed by atoms with van der Waals surface area (Å²) in [5, 5.41) is 15.0. The van der Waals surface area contributed by atoms with Crippen LogP contribution in [0, 0.1) is 0 Å². The Morgan fingerprint density at radius 3 is 2.55 bits per heavy atom. The highest BCUT2D eigenvalue weighted by molar-refractivity contribution is 6.31. The minimum Gasteiger partial charge on any atom is -0.385 e. The zero-order valence-electron chi connectivity index (χ0n) is 11.2. The van der Waals surface area contributed by atoms with E-state index in [4.69, 9.17) is 23.2 Å². The minimum absolute atomic E-state index is 0.543. The Labute approximate surface area is 129 Å². The lowest BCUT2D eigenvalue weighted by Gasteiger charge is -2.18. The van der Waals surface area contributed by atoms with Crippen LogP contribution in [0.3, 0.4) is 0 Å². The van der Waals surface area contributed by atoms with E-state index in [9.17, 15) is 5.11 Å². The lowest BCUT2D eigenvalue weighted by atomic mass is 9.99. The zero-order valence-corrected chi connectivity index (χ0v) is 12.7. The molecule has 106 valence electrons. The maximum Gasteiger partial charge on any atom is 0.108 e. The standard InChI is InChI=1S/C16H17Cl2NO/c1-2-9-19-15-8-7-11(17)10-13(15)16(20)12-5-3-4-6-14(12)18/h3-8,10,16,19-20H,2,9H2,1H3/t16-/m0/s1. The van der Waals surface area contributed by atoms with Crippen LogP contribution in [0.15, 0.2) is 42.5 Å². The average molecular weight is 310 g/mol. The van der Waals surface area contributed by atoms with Crippen molar-refractivity contribution in [3.05, 3.63) is 63.6 Å². The van der Waals surface area contributed by atoms with Gasteiger partial charge in [0.2, 0.25) is 0 Å². The van der Waals surface area contributed by atoms with Crippen LogP contribution < -0.4 is 5.32 Å². The molecule has 0 unspecified atom stereocenters. The third kappa shape index (κ3) is 3.45. The molecule has 0 aromatic heterocycles. The topological polar surface area (TPSA) is 32.3 Å². The fraction of sp³-hybridized carbons (Fsp3) is 0.250. The SMILES string of the molecule is CCCNc1ccc(Cl)cc1[C@@H](O)c1ccccc1Cl. The van der Waals surface area contributed by atoms with Crippen molar-refractivity contribution < 1.29 is 5.11 Å². The van der Waals surface area contributed by atoms with Gasteiger partial charge < -0.3 is 10.4 Å². The molecule has 1 atom stereocenters. The van der Waals surface area contributed by atoms with Gasteiger partial charge in [0.15, 0.2) is 0 Å². The number of hydrogen-bond acceptors (Lipinski definition) is 2. The van der Waals surface area contributed by atoms with Crippen molar-refractivity contribution in [1.82, 2.24) is 0 Å². The molecule has 0 amide bonds. The molecule has 0 bridgehead atoms. The Morgan fingerprint density at radius 2 is 1.85 bits per heavy atom. The highest BCUT2D eigenvalue weighted by atomic mass is 35.5. The molecule has 0 heterocycles. The smallest absolute Gasteiger partial charge is 0.108 e. The van der Waals surface area contributed by atoms with E-state index < -0.39 is 6.10 Å². The highest BCUT2D eigenvalue weighted by Gasteiger charge is 2.17. The average Bonchev–Trinajstić information content (AvgIpc) is 2.46. The summed E-state index contributed by atoms with van der Waals surface area (Å²) in [6.45, 7) is 2.93. The number of aliphatic hydroxyl groups is 1. The lowest BCUT2D eigenvalue weighted by molar-refractivity contribution is 0.221. The second-order valence-corrected chi connectivity index (χ2v) is 5.43. The molecule has 2 N–H and O–H groups in total. The normalized spacial score (nSPS) is 12.2. The Kier molecular flexibility index (Phi) is 5.30. The van der Waals surface area contributed by atoms with E-state index in [1.807, 2.05) is 30.3 Å². The van der Waals surface area contributed by atoms with Crippen molar-refractivity contribution in [2.75, 3.05) is 11.9 Å². The monoisotopic (exact) mass is 309 g/mol. The number of benzene rings is 2. The first-order valence-electron chi connectivity index (χ1n) is 6.59. The van der Waals surface area contributed by atoms with Gasteiger partial charge in [0.05, 0.1) is 0 Å². The summed E-state index contributed by atoms with van der Waals surface area (Å²) in [7, 11) is 0. The molecular weight excluding hydrogens is 293 g/mol. The Bertz CT molecular complexity index is 586. The van der Waals surface area contributed by atoms with Crippen LogP contribution >= 0.6 is 23.2 Å². The second kappa shape index (κ2) is 6.98. The minimum atomic E-state index is -0.804. The maximum atomic E-state index is 10.6. The number of halogens is 2. The van der Waals surface area contributed by atoms with Crippen LogP contribution in [0.4, 0.5) is 5.69 Å². The van der Waals surface area contributed by atoms with Gasteiger partial charge in [-0.15, -0.1) is 0 Å². The molecule has 0 aliphatic carbocycles. The molecule has 4 heteroatoms. The quantitative estimate of drug-likeness (QED) is 0.823. The first-order chi connectivity index (χ1) is 9.63. The first-order valence-corrected chi connectivity index (χ1v) is 7.35. The molecule has 0 radical (unpaired) electrons. The van der Waals surface area contributed by atoms with E-state index in [1.54, 1.807) is 12.1 Å². The summed E-state index contributed by atoms with van der Waals surface area (Å²) in [4.78, 5) is 0. The van der Waals surface area contributed by atoms with Gasteiger partial charge in [0.25, 0.3) is 0 Å². The van der Waals surface area contributed by atoms with Gasteiger partial charge >= 0.3 is 0 Å². The van der Waals surface area contributed by atoms with Gasteiger partial charge in [-0.2, -0.15) is 0 Å². The molecule has 2 rings (SSSR count). The predicted molar refractivity (Wildman–Crippen MR) is 85.7 cm³/mol. The summed E-state index contributed by atoms with van der Waals surface area (Å²) >= 11 is 12.2. The molecule has 0 saturated carbocycles. The largest absolute Gasteiger partial charge is 0.385 e. The van der Waals surface area contributed by atoms with Gasteiger partial charge in [-0.3, -0.25) is 0 Å². The van der Waals surface area contributed by atoms with Crippen LogP contribution in [0.5, 0.6) is 0 Å². The lowest BCUT2D eigenvalue weighted by Crippen LogP contribution is -2.08. The van der Waals surface area contributed by atoms with Crippen LogP contribution in [0.1, 0.15) is 30.6 Å². The molecule has 0 saturated heterocycles. The van der Waals surface area contributed by atoms with Crippen LogP contribution in [-0.4, -0.2) is 11.7 Å².